The lowest BCUT2D eigenvalue weighted by molar-refractivity contribution is -0.128. The van der Waals surface area contributed by atoms with E-state index in [0.29, 0.717) is 13.0 Å². The summed E-state index contributed by atoms with van der Waals surface area (Å²) in [5.41, 5.74) is 2.03. The number of benzene rings is 1. The molecule has 0 radical (unpaired) electrons. The predicted molar refractivity (Wildman–Crippen MR) is 91.6 cm³/mol. The van der Waals surface area contributed by atoms with Crippen LogP contribution in [0.2, 0.25) is 0 Å². The maximum Gasteiger partial charge on any atom is 0.243 e. The molecule has 128 valence electrons. The van der Waals surface area contributed by atoms with E-state index in [1.165, 1.54) is 6.92 Å². The predicted octanol–water partition coefficient (Wildman–Crippen LogP) is 1.51. The summed E-state index contributed by atoms with van der Waals surface area (Å²) in [5.74, 6) is -0.391. The number of H-pyrrole nitrogens is 1. The molecule has 2 aromatic rings. The highest BCUT2D eigenvalue weighted by molar-refractivity contribution is 5.89. The zero-order valence-corrected chi connectivity index (χ0v) is 13.8. The molecular formula is C18H23N3O3. The molecule has 1 saturated heterocycles. The molecule has 1 aromatic heterocycles. The van der Waals surface area contributed by atoms with Crippen molar-refractivity contribution in [2.75, 3.05) is 13.2 Å². The summed E-state index contributed by atoms with van der Waals surface area (Å²) in [4.78, 5) is 27.2. The number of amides is 2. The highest BCUT2D eigenvalue weighted by atomic mass is 16.5. The van der Waals surface area contributed by atoms with Gasteiger partial charge in [-0.05, 0) is 24.5 Å². The number of para-hydroxylation sites is 1. The largest absolute Gasteiger partial charge is 0.376 e. The van der Waals surface area contributed by atoms with Gasteiger partial charge in [0, 0.05) is 43.6 Å². The Morgan fingerprint density at radius 2 is 2.21 bits per heavy atom. The van der Waals surface area contributed by atoms with Crippen LogP contribution in [0, 0.1) is 0 Å². The average molecular weight is 329 g/mol. The molecule has 1 aromatic carbocycles. The van der Waals surface area contributed by atoms with Gasteiger partial charge in [0.1, 0.15) is 6.04 Å². The maximum absolute atomic E-state index is 12.5. The molecule has 6 heteroatoms. The number of nitrogens with one attached hydrogen (secondary N) is 3. The van der Waals surface area contributed by atoms with E-state index in [-0.39, 0.29) is 17.9 Å². The molecule has 1 fully saturated rings. The van der Waals surface area contributed by atoms with Gasteiger partial charge in [-0.25, -0.2) is 0 Å². The van der Waals surface area contributed by atoms with Gasteiger partial charge in [-0.2, -0.15) is 0 Å². The Kier molecular flexibility index (Phi) is 5.15. The molecule has 2 heterocycles. The first-order chi connectivity index (χ1) is 11.6. The van der Waals surface area contributed by atoms with Gasteiger partial charge in [0.15, 0.2) is 0 Å². The van der Waals surface area contributed by atoms with Crippen molar-refractivity contribution in [2.24, 2.45) is 0 Å². The zero-order chi connectivity index (χ0) is 16.9. The summed E-state index contributed by atoms with van der Waals surface area (Å²) in [6.07, 6.45) is 4.42. The number of carbonyl (C=O) groups is 2. The molecule has 2 unspecified atom stereocenters. The highest BCUT2D eigenvalue weighted by Gasteiger charge is 2.23. The van der Waals surface area contributed by atoms with Crippen molar-refractivity contribution in [1.29, 1.82) is 0 Å². The van der Waals surface area contributed by atoms with Crippen LogP contribution in [0.25, 0.3) is 10.9 Å². The number of aromatic amines is 1. The Morgan fingerprint density at radius 3 is 2.96 bits per heavy atom. The monoisotopic (exact) mass is 329 g/mol. The molecule has 3 rings (SSSR count). The zero-order valence-electron chi connectivity index (χ0n) is 13.8. The molecule has 0 saturated carbocycles. The lowest BCUT2D eigenvalue weighted by Crippen LogP contribution is -2.48. The first kappa shape index (κ1) is 16.5. The molecule has 2 amide bonds. The molecule has 3 N–H and O–H groups in total. The van der Waals surface area contributed by atoms with Crippen LogP contribution in [-0.2, 0) is 20.7 Å². The third kappa shape index (κ3) is 3.94. The Balaban J connectivity index is 1.68. The second kappa shape index (κ2) is 7.49. The van der Waals surface area contributed by atoms with Crippen LogP contribution in [-0.4, -0.2) is 42.1 Å². The van der Waals surface area contributed by atoms with E-state index in [2.05, 4.69) is 15.6 Å². The van der Waals surface area contributed by atoms with Gasteiger partial charge < -0.3 is 20.4 Å². The molecule has 6 nitrogen and oxygen atoms in total. The summed E-state index contributed by atoms with van der Waals surface area (Å²) in [5, 5.41) is 6.72. The van der Waals surface area contributed by atoms with Crippen molar-refractivity contribution < 1.29 is 14.3 Å². The van der Waals surface area contributed by atoms with Gasteiger partial charge in [0.25, 0.3) is 0 Å². The van der Waals surface area contributed by atoms with Crippen LogP contribution in [0.3, 0.4) is 0 Å². The van der Waals surface area contributed by atoms with Crippen LogP contribution in [0.5, 0.6) is 0 Å². The summed E-state index contributed by atoms with van der Waals surface area (Å²) >= 11 is 0. The minimum absolute atomic E-state index is 0.0833. The van der Waals surface area contributed by atoms with E-state index in [9.17, 15) is 9.59 Å². The van der Waals surface area contributed by atoms with Gasteiger partial charge in [-0.15, -0.1) is 0 Å². The number of hydrogen-bond donors (Lipinski definition) is 3. The Hall–Kier alpha value is -2.34. The Morgan fingerprint density at radius 1 is 1.38 bits per heavy atom. The number of hydrogen-bond acceptors (Lipinski definition) is 3. The van der Waals surface area contributed by atoms with Gasteiger partial charge in [-0.1, -0.05) is 18.2 Å². The number of ether oxygens (including phenoxy) is 1. The average Bonchev–Trinajstić information content (AvgIpc) is 3.22. The third-order valence-corrected chi connectivity index (χ3v) is 4.32. The van der Waals surface area contributed by atoms with E-state index >= 15 is 0 Å². The number of carbonyl (C=O) groups excluding carboxylic acids is 2. The van der Waals surface area contributed by atoms with Crippen molar-refractivity contribution in [1.82, 2.24) is 15.6 Å². The van der Waals surface area contributed by atoms with Gasteiger partial charge in [0.05, 0.1) is 6.10 Å². The van der Waals surface area contributed by atoms with Crippen LogP contribution in [0.4, 0.5) is 0 Å². The summed E-state index contributed by atoms with van der Waals surface area (Å²) in [6.45, 7) is 2.67. The van der Waals surface area contributed by atoms with Gasteiger partial charge in [0.2, 0.25) is 11.8 Å². The van der Waals surface area contributed by atoms with Gasteiger partial charge in [-0.3, -0.25) is 9.59 Å². The first-order valence-electron chi connectivity index (χ1n) is 8.35. The Bertz CT molecular complexity index is 719. The summed E-state index contributed by atoms with van der Waals surface area (Å²) in [7, 11) is 0. The number of rotatable bonds is 6. The summed E-state index contributed by atoms with van der Waals surface area (Å²) < 4.78 is 5.52. The van der Waals surface area contributed by atoms with Crippen LogP contribution < -0.4 is 10.6 Å². The van der Waals surface area contributed by atoms with E-state index in [1.807, 2.05) is 30.5 Å². The lowest BCUT2D eigenvalue weighted by atomic mass is 10.0. The van der Waals surface area contributed by atoms with Crippen LogP contribution in [0.1, 0.15) is 25.3 Å². The van der Waals surface area contributed by atoms with Crippen LogP contribution in [0.15, 0.2) is 30.5 Å². The van der Waals surface area contributed by atoms with E-state index in [4.69, 9.17) is 4.74 Å². The normalized spacial score (nSPS) is 18.5. The molecule has 0 spiro atoms. The fourth-order valence-electron chi connectivity index (χ4n) is 3.12. The molecule has 0 bridgehead atoms. The SMILES string of the molecule is CC(=O)NC(Cc1c[nH]c2ccccc12)C(=O)NCC1CCCO1. The fourth-order valence-corrected chi connectivity index (χ4v) is 3.12. The van der Waals surface area contributed by atoms with Crippen molar-refractivity contribution in [3.8, 4) is 0 Å². The quantitative estimate of drug-likeness (QED) is 0.751. The molecule has 24 heavy (non-hydrogen) atoms. The van der Waals surface area contributed by atoms with E-state index < -0.39 is 6.04 Å². The first-order valence-corrected chi connectivity index (χ1v) is 8.35. The van der Waals surface area contributed by atoms with Gasteiger partial charge >= 0.3 is 0 Å². The van der Waals surface area contributed by atoms with E-state index in [1.54, 1.807) is 0 Å². The summed E-state index contributed by atoms with van der Waals surface area (Å²) in [6, 6.07) is 7.33. The lowest BCUT2D eigenvalue weighted by Gasteiger charge is -2.19. The molecule has 0 aliphatic carbocycles. The fraction of sp³-hybridized carbons (Fsp3) is 0.444. The molecular weight excluding hydrogens is 306 g/mol. The smallest absolute Gasteiger partial charge is 0.243 e. The van der Waals surface area contributed by atoms with E-state index in [0.717, 1.165) is 35.9 Å². The van der Waals surface area contributed by atoms with Crippen molar-refractivity contribution in [3.63, 3.8) is 0 Å². The highest BCUT2D eigenvalue weighted by Crippen LogP contribution is 2.19. The minimum Gasteiger partial charge on any atom is -0.376 e. The standard InChI is InChI=1S/C18H23N3O3/c1-12(22)21-17(18(23)20-11-14-5-4-8-24-14)9-13-10-19-16-7-3-2-6-15(13)16/h2-3,6-7,10,14,17,19H,4-5,8-9,11H2,1H3,(H,20,23)(H,21,22). The molecule has 1 aliphatic heterocycles. The van der Waals surface area contributed by atoms with Crippen molar-refractivity contribution in [2.45, 2.75) is 38.3 Å². The maximum atomic E-state index is 12.5. The van der Waals surface area contributed by atoms with Crippen molar-refractivity contribution in [3.05, 3.63) is 36.0 Å². The topological polar surface area (TPSA) is 83.2 Å². The Labute approximate surface area is 141 Å². The minimum atomic E-state index is -0.594. The van der Waals surface area contributed by atoms with Crippen molar-refractivity contribution >= 4 is 22.7 Å². The second-order valence-electron chi connectivity index (χ2n) is 6.20. The molecule has 2 atom stereocenters. The van der Waals surface area contributed by atoms with Crippen LogP contribution >= 0.6 is 0 Å². The second-order valence-corrected chi connectivity index (χ2v) is 6.20. The molecule has 1 aliphatic rings. The third-order valence-electron chi connectivity index (χ3n) is 4.32. The number of fused-ring (bicyclic) bond motifs is 1. The number of aromatic nitrogens is 1.